The Kier molecular flexibility index (Phi) is 3.94. The predicted octanol–water partition coefficient (Wildman–Crippen LogP) is 4.42. The molecule has 2 rings (SSSR count). The van der Waals surface area contributed by atoms with E-state index < -0.39 is 7.60 Å². The lowest BCUT2D eigenvalue weighted by molar-refractivity contribution is 0.0781. The van der Waals surface area contributed by atoms with Crippen LogP contribution in [0.4, 0.5) is 0 Å². The van der Waals surface area contributed by atoms with Gasteiger partial charge in [0.1, 0.15) is 0 Å². The molecule has 1 aliphatic heterocycles. The number of halogens is 1. The summed E-state index contributed by atoms with van der Waals surface area (Å²) in [5.41, 5.74) is 0.885. The first-order valence-electron chi connectivity index (χ1n) is 5.69. The average Bonchev–Trinajstić information content (AvgIpc) is 2.30. The molecule has 3 nitrogen and oxygen atoms in total. The summed E-state index contributed by atoms with van der Waals surface area (Å²) in [6, 6.07) is 7.44. The van der Waals surface area contributed by atoms with Gasteiger partial charge in [0.15, 0.2) is 0 Å². The van der Waals surface area contributed by atoms with Crippen LogP contribution in [0.15, 0.2) is 24.3 Å². The van der Waals surface area contributed by atoms with E-state index in [2.05, 4.69) is 0 Å². The quantitative estimate of drug-likeness (QED) is 0.749. The van der Waals surface area contributed by atoms with Crippen LogP contribution >= 0.6 is 19.2 Å². The Morgan fingerprint density at radius 2 is 2.00 bits per heavy atom. The van der Waals surface area contributed by atoms with E-state index in [9.17, 15) is 4.57 Å². The summed E-state index contributed by atoms with van der Waals surface area (Å²) in [5.74, 6) is 0. The van der Waals surface area contributed by atoms with Gasteiger partial charge in [-0.15, -0.1) is 0 Å². The first kappa shape index (κ1) is 13.1. The Balaban J connectivity index is 2.18. The average molecular weight is 275 g/mol. The summed E-state index contributed by atoms with van der Waals surface area (Å²) in [6.45, 7) is 4.18. The van der Waals surface area contributed by atoms with Gasteiger partial charge in [0.25, 0.3) is 0 Å². The van der Waals surface area contributed by atoms with Crippen LogP contribution < -0.4 is 0 Å². The molecule has 2 atom stereocenters. The molecule has 0 saturated carbocycles. The van der Waals surface area contributed by atoms with Gasteiger partial charge in [-0.3, -0.25) is 4.57 Å². The van der Waals surface area contributed by atoms with Crippen molar-refractivity contribution in [2.45, 2.75) is 32.0 Å². The zero-order valence-electron chi connectivity index (χ0n) is 9.93. The Hall–Kier alpha value is -0.340. The van der Waals surface area contributed by atoms with Gasteiger partial charge in [0.2, 0.25) is 0 Å². The van der Waals surface area contributed by atoms with Crippen LogP contribution in [0.25, 0.3) is 0 Å². The number of rotatable bonds is 2. The van der Waals surface area contributed by atoms with Gasteiger partial charge in [0, 0.05) is 11.4 Å². The summed E-state index contributed by atoms with van der Waals surface area (Å²) < 4.78 is 23.3. The van der Waals surface area contributed by atoms with Crippen LogP contribution in [0.2, 0.25) is 5.02 Å². The van der Waals surface area contributed by atoms with Gasteiger partial charge in [-0.2, -0.15) is 0 Å². The van der Waals surface area contributed by atoms with Crippen molar-refractivity contribution in [1.82, 2.24) is 0 Å². The van der Waals surface area contributed by atoms with E-state index in [0.29, 0.717) is 11.6 Å². The lowest BCUT2D eigenvalue weighted by atomic mass is 10.1. The number of hydrogen-bond acceptors (Lipinski definition) is 3. The molecule has 0 N–H and O–H groups in total. The van der Waals surface area contributed by atoms with Gasteiger partial charge in [-0.05, 0) is 17.7 Å². The third-order valence-electron chi connectivity index (χ3n) is 2.80. The highest BCUT2D eigenvalue weighted by atomic mass is 35.5. The number of hydrogen-bond donors (Lipinski definition) is 0. The Morgan fingerprint density at radius 3 is 2.59 bits per heavy atom. The molecule has 0 bridgehead atoms. The molecule has 1 aromatic rings. The molecular formula is C12H16ClO3P. The molecule has 1 heterocycles. The Labute approximate surface area is 107 Å². The molecule has 0 radical (unpaired) electrons. The molecule has 2 unspecified atom stereocenters. The van der Waals surface area contributed by atoms with E-state index in [1.807, 2.05) is 38.1 Å². The molecule has 5 heteroatoms. The van der Waals surface area contributed by atoms with Gasteiger partial charge >= 0.3 is 7.60 Å². The van der Waals surface area contributed by atoms with E-state index >= 15 is 0 Å². The SMILES string of the molecule is CC(C)P1(=O)OCCC(c2ccc(Cl)cc2)O1. The van der Waals surface area contributed by atoms with Crippen LogP contribution in [-0.2, 0) is 13.6 Å². The standard InChI is InChI=1S/C12H16ClO3P/c1-9(2)17(14)15-8-7-12(16-17)10-3-5-11(13)6-4-10/h3-6,9,12H,7-8H2,1-2H3. The molecule has 0 aliphatic carbocycles. The van der Waals surface area contributed by atoms with Crippen molar-refractivity contribution in [3.8, 4) is 0 Å². The van der Waals surface area contributed by atoms with Crippen LogP contribution in [0.1, 0.15) is 31.9 Å². The summed E-state index contributed by atoms with van der Waals surface area (Å²) in [4.78, 5) is 0. The molecule has 1 aliphatic rings. The minimum Gasteiger partial charge on any atom is -0.308 e. The molecule has 1 fully saturated rings. The zero-order chi connectivity index (χ0) is 12.5. The van der Waals surface area contributed by atoms with E-state index in [-0.39, 0.29) is 11.8 Å². The van der Waals surface area contributed by atoms with E-state index in [1.54, 1.807) is 0 Å². The van der Waals surface area contributed by atoms with Crippen molar-refractivity contribution in [2.75, 3.05) is 6.61 Å². The number of benzene rings is 1. The van der Waals surface area contributed by atoms with Gasteiger partial charge in [-0.25, -0.2) is 0 Å². The second kappa shape index (κ2) is 5.11. The summed E-state index contributed by atoms with van der Waals surface area (Å²) in [7, 11) is -2.95. The molecule has 0 spiro atoms. The highest BCUT2D eigenvalue weighted by Gasteiger charge is 2.36. The van der Waals surface area contributed by atoms with E-state index in [1.165, 1.54) is 0 Å². The van der Waals surface area contributed by atoms with Crippen LogP contribution in [-0.4, -0.2) is 12.3 Å². The topological polar surface area (TPSA) is 35.5 Å². The third kappa shape index (κ3) is 2.92. The zero-order valence-corrected chi connectivity index (χ0v) is 11.6. The first-order chi connectivity index (χ1) is 8.01. The smallest absolute Gasteiger partial charge is 0.308 e. The van der Waals surface area contributed by atoms with Crippen molar-refractivity contribution in [3.63, 3.8) is 0 Å². The lowest BCUT2D eigenvalue weighted by Crippen LogP contribution is -2.18. The van der Waals surface area contributed by atoms with Crippen LogP contribution in [0.3, 0.4) is 0 Å². The molecule has 1 aromatic carbocycles. The molecule has 17 heavy (non-hydrogen) atoms. The fourth-order valence-electron chi connectivity index (χ4n) is 1.72. The van der Waals surface area contributed by atoms with E-state index in [4.69, 9.17) is 20.6 Å². The highest BCUT2D eigenvalue weighted by Crippen LogP contribution is 2.59. The fourth-order valence-corrected chi connectivity index (χ4v) is 3.39. The van der Waals surface area contributed by atoms with Crippen molar-refractivity contribution >= 4 is 19.2 Å². The third-order valence-corrected chi connectivity index (χ3v) is 5.41. The summed E-state index contributed by atoms with van der Waals surface area (Å²) in [5, 5.41) is 0.688. The molecule has 0 aromatic heterocycles. The maximum Gasteiger partial charge on any atom is 0.333 e. The maximum absolute atomic E-state index is 12.3. The fraction of sp³-hybridized carbons (Fsp3) is 0.500. The predicted molar refractivity (Wildman–Crippen MR) is 68.6 cm³/mol. The summed E-state index contributed by atoms with van der Waals surface area (Å²) >= 11 is 5.84. The van der Waals surface area contributed by atoms with Gasteiger partial charge in [-0.1, -0.05) is 37.6 Å². The monoisotopic (exact) mass is 274 g/mol. The minimum absolute atomic E-state index is 0.113. The van der Waals surface area contributed by atoms with Crippen molar-refractivity contribution in [1.29, 1.82) is 0 Å². The van der Waals surface area contributed by atoms with Crippen molar-refractivity contribution in [2.24, 2.45) is 0 Å². The van der Waals surface area contributed by atoms with Crippen molar-refractivity contribution < 1.29 is 13.6 Å². The lowest BCUT2D eigenvalue weighted by Gasteiger charge is -2.32. The second-order valence-corrected chi connectivity index (χ2v) is 7.42. The van der Waals surface area contributed by atoms with Crippen LogP contribution in [0.5, 0.6) is 0 Å². The van der Waals surface area contributed by atoms with Gasteiger partial charge < -0.3 is 9.05 Å². The molecule has 94 valence electrons. The van der Waals surface area contributed by atoms with Gasteiger partial charge in [0.05, 0.1) is 18.4 Å². The molecule has 0 amide bonds. The highest BCUT2D eigenvalue weighted by molar-refractivity contribution is 7.54. The second-order valence-electron chi connectivity index (χ2n) is 4.40. The van der Waals surface area contributed by atoms with E-state index in [0.717, 1.165) is 12.0 Å². The Bertz CT molecular complexity index is 430. The Morgan fingerprint density at radius 1 is 1.35 bits per heavy atom. The maximum atomic E-state index is 12.3. The molecule has 1 saturated heterocycles. The largest absolute Gasteiger partial charge is 0.333 e. The van der Waals surface area contributed by atoms with Crippen LogP contribution in [0, 0.1) is 0 Å². The summed E-state index contributed by atoms with van der Waals surface area (Å²) in [6.07, 6.45) is 0.562. The minimum atomic E-state index is -2.95. The first-order valence-corrected chi connectivity index (χ1v) is 7.68. The molecular weight excluding hydrogens is 259 g/mol. The van der Waals surface area contributed by atoms with Crippen molar-refractivity contribution in [3.05, 3.63) is 34.9 Å². The normalized spacial score (nSPS) is 29.5.